The minimum absolute atomic E-state index is 0.143. The lowest BCUT2D eigenvalue weighted by Gasteiger charge is -2.41. The third-order valence-corrected chi connectivity index (χ3v) is 5.42. The van der Waals surface area contributed by atoms with Crippen molar-refractivity contribution in [2.45, 2.75) is 51.6 Å². The molecule has 0 unspecified atom stereocenters. The van der Waals surface area contributed by atoms with Crippen LogP contribution in [0.15, 0.2) is 48.5 Å². The van der Waals surface area contributed by atoms with Crippen LogP contribution in [0.4, 0.5) is 4.39 Å². The van der Waals surface area contributed by atoms with Crippen LogP contribution in [0.2, 0.25) is 0 Å². The summed E-state index contributed by atoms with van der Waals surface area (Å²) in [4.78, 5) is 14.2. The van der Waals surface area contributed by atoms with Crippen LogP contribution in [0.5, 0.6) is 0 Å². The Hall–Kier alpha value is -2.20. The van der Waals surface area contributed by atoms with Gasteiger partial charge < -0.3 is 10.2 Å². The molecule has 1 aliphatic rings. The highest BCUT2D eigenvalue weighted by atomic mass is 19.1. The fourth-order valence-electron chi connectivity index (χ4n) is 4.11. The number of aryl methyl sites for hydroxylation is 1. The number of nitrogens with zero attached hydrogens (tertiary/aromatic N) is 1. The van der Waals surface area contributed by atoms with Crippen molar-refractivity contribution in [3.05, 3.63) is 71.0 Å². The van der Waals surface area contributed by atoms with Gasteiger partial charge in [0.2, 0.25) is 5.91 Å². The van der Waals surface area contributed by atoms with E-state index in [1.807, 2.05) is 11.0 Å². The van der Waals surface area contributed by atoms with Gasteiger partial charge >= 0.3 is 0 Å². The molecular formula is C23H29FN2O. The Bertz CT molecular complexity index is 776. The summed E-state index contributed by atoms with van der Waals surface area (Å²) in [7, 11) is 0. The average molecular weight is 368 g/mol. The number of carbonyl (C=O) groups is 1. The van der Waals surface area contributed by atoms with Gasteiger partial charge in [-0.25, -0.2) is 4.39 Å². The number of amides is 1. The second-order valence-corrected chi connectivity index (χ2v) is 7.56. The van der Waals surface area contributed by atoms with Crippen molar-refractivity contribution in [2.75, 3.05) is 13.1 Å². The molecule has 3 rings (SSSR count). The molecule has 1 heterocycles. The summed E-state index contributed by atoms with van der Waals surface area (Å²) in [5, 5.41) is 3.64. The van der Waals surface area contributed by atoms with Crippen LogP contribution in [0, 0.1) is 12.7 Å². The van der Waals surface area contributed by atoms with E-state index < -0.39 is 0 Å². The van der Waals surface area contributed by atoms with Crippen LogP contribution in [-0.4, -0.2) is 36.0 Å². The Balaban J connectivity index is 1.67. The first-order chi connectivity index (χ1) is 13.0. The summed E-state index contributed by atoms with van der Waals surface area (Å²) in [6.45, 7) is 5.37. The fraction of sp³-hybridized carbons (Fsp3) is 0.435. The highest BCUT2D eigenvalue weighted by Gasteiger charge is 2.32. The Morgan fingerprint density at radius 2 is 1.96 bits per heavy atom. The van der Waals surface area contributed by atoms with E-state index >= 15 is 0 Å². The molecule has 4 heteroatoms. The van der Waals surface area contributed by atoms with Crippen molar-refractivity contribution < 1.29 is 9.18 Å². The van der Waals surface area contributed by atoms with E-state index in [0.717, 1.165) is 44.3 Å². The zero-order valence-corrected chi connectivity index (χ0v) is 16.2. The van der Waals surface area contributed by atoms with Gasteiger partial charge in [-0.05, 0) is 62.4 Å². The lowest BCUT2D eigenvalue weighted by Crippen LogP contribution is -2.56. The number of carbonyl (C=O) groups excluding carboxylic acids is 1. The summed E-state index contributed by atoms with van der Waals surface area (Å²) in [5.74, 6) is -0.0467. The van der Waals surface area contributed by atoms with Crippen molar-refractivity contribution in [3.63, 3.8) is 0 Å². The molecule has 1 N–H and O–H groups in total. The number of benzene rings is 2. The van der Waals surface area contributed by atoms with Crippen LogP contribution < -0.4 is 5.32 Å². The van der Waals surface area contributed by atoms with E-state index in [9.17, 15) is 9.18 Å². The van der Waals surface area contributed by atoms with Crippen molar-refractivity contribution in [1.82, 2.24) is 10.2 Å². The van der Waals surface area contributed by atoms with Crippen molar-refractivity contribution in [1.29, 1.82) is 0 Å². The van der Waals surface area contributed by atoms with Crippen LogP contribution in [0.3, 0.4) is 0 Å². The highest BCUT2D eigenvalue weighted by Crippen LogP contribution is 2.22. The zero-order valence-electron chi connectivity index (χ0n) is 16.2. The van der Waals surface area contributed by atoms with E-state index in [1.165, 1.54) is 17.2 Å². The number of nitrogens with one attached hydrogen (secondary N) is 1. The smallest absolute Gasteiger partial charge is 0.219 e. The van der Waals surface area contributed by atoms with Crippen molar-refractivity contribution in [2.24, 2.45) is 0 Å². The SMILES string of the molecule is CC(=O)N1CCC[C@H](NCCc2cccc(F)c2)[C@@H]1Cc1cccc(C)c1. The standard InChI is InChI=1S/C23H29FN2O/c1-17-6-3-8-20(14-17)16-23-22(10-5-13-26(23)18(2)27)25-12-11-19-7-4-9-21(24)15-19/h3-4,6-9,14-15,22-23,25H,5,10-13,16H2,1-2H3/t22-,23-/m0/s1. The number of piperidine rings is 1. The summed E-state index contributed by atoms with van der Waals surface area (Å²) in [6, 6.07) is 15.7. The molecule has 0 aromatic heterocycles. The van der Waals surface area contributed by atoms with Gasteiger partial charge in [-0.15, -0.1) is 0 Å². The number of hydrogen-bond donors (Lipinski definition) is 1. The molecule has 144 valence electrons. The fourth-order valence-corrected chi connectivity index (χ4v) is 4.11. The topological polar surface area (TPSA) is 32.3 Å². The molecule has 0 radical (unpaired) electrons. The predicted octanol–water partition coefficient (Wildman–Crippen LogP) is 3.89. The molecule has 2 aromatic carbocycles. The molecule has 0 aliphatic carbocycles. The molecule has 1 fully saturated rings. The van der Waals surface area contributed by atoms with Crippen LogP contribution in [0.1, 0.15) is 36.5 Å². The summed E-state index contributed by atoms with van der Waals surface area (Å²) in [6.07, 6.45) is 3.72. The molecule has 0 saturated carbocycles. The first-order valence-electron chi connectivity index (χ1n) is 9.83. The molecule has 0 spiro atoms. The quantitative estimate of drug-likeness (QED) is 0.839. The lowest BCUT2D eigenvalue weighted by molar-refractivity contribution is -0.133. The molecule has 1 amide bonds. The predicted molar refractivity (Wildman–Crippen MR) is 107 cm³/mol. The van der Waals surface area contributed by atoms with Crippen LogP contribution in [0.25, 0.3) is 0 Å². The van der Waals surface area contributed by atoms with Crippen LogP contribution in [-0.2, 0) is 17.6 Å². The van der Waals surface area contributed by atoms with Gasteiger partial charge in [-0.3, -0.25) is 4.79 Å². The maximum absolute atomic E-state index is 13.4. The number of hydrogen-bond acceptors (Lipinski definition) is 2. The summed E-state index contributed by atoms with van der Waals surface area (Å²) < 4.78 is 13.4. The average Bonchev–Trinajstić information content (AvgIpc) is 2.63. The first-order valence-corrected chi connectivity index (χ1v) is 9.83. The van der Waals surface area contributed by atoms with E-state index in [0.29, 0.717) is 0 Å². The maximum atomic E-state index is 13.4. The largest absolute Gasteiger partial charge is 0.338 e. The number of likely N-dealkylation sites (tertiary alicyclic amines) is 1. The molecule has 1 saturated heterocycles. The summed E-state index contributed by atoms with van der Waals surface area (Å²) in [5.41, 5.74) is 3.51. The first kappa shape index (κ1) is 19.6. The molecular weight excluding hydrogens is 339 g/mol. The van der Waals surface area contributed by atoms with Crippen molar-refractivity contribution in [3.8, 4) is 0 Å². The normalized spacial score (nSPS) is 19.9. The summed E-state index contributed by atoms with van der Waals surface area (Å²) >= 11 is 0. The maximum Gasteiger partial charge on any atom is 0.219 e. The number of halogens is 1. The van der Waals surface area contributed by atoms with Gasteiger partial charge in [0.25, 0.3) is 0 Å². The highest BCUT2D eigenvalue weighted by molar-refractivity contribution is 5.73. The van der Waals surface area contributed by atoms with E-state index in [4.69, 9.17) is 0 Å². The van der Waals surface area contributed by atoms with Gasteiger partial charge in [-0.1, -0.05) is 42.0 Å². The zero-order chi connectivity index (χ0) is 19.2. The van der Waals surface area contributed by atoms with Gasteiger partial charge in [0.05, 0.1) is 6.04 Å². The van der Waals surface area contributed by atoms with E-state index in [2.05, 4.69) is 36.5 Å². The third kappa shape index (κ3) is 5.39. The lowest BCUT2D eigenvalue weighted by atomic mass is 9.90. The molecule has 3 nitrogen and oxygen atoms in total. The molecule has 1 aliphatic heterocycles. The van der Waals surface area contributed by atoms with Gasteiger partial charge in [0, 0.05) is 19.5 Å². The van der Waals surface area contributed by atoms with Crippen LogP contribution >= 0.6 is 0 Å². The van der Waals surface area contributed by atoms with E-state index in [1.54, 1.807) is 19.1 Å². The van der Waals surface area contributed by atoms with Gasteiger partial charge in [0.15, 0.2) is 0 Å². The molecule has 2 aromatic rings. The van der Waals surface area contributed by atoms with Gasteiger partial charge in [-0.2, -0.15) is 0 Å². The van der Waals surface area contributed by atoms with Crippen molar-refractivity contribution >= 4 is 5.91 Å². The second-order valence-electron chi connectivity index (χ2n) is 7.56. The number of rotatable bonds is 6. The third-order valence-electron chi connectivity index (χ3n) is 5.42. The Morgan fingerprint density at radius 3 is 2.70 bits per heavy atom. The monoisotopic (exact) mass is 368 g/mol. The molecule has 2 atom stereocenters. The molecule has 27 heavy (non-hydrogen) atoms. The van der Waals surface area contributed by atoms with Gasteiger partial charge in [0.1, 0.15) is 5.82 Å². The molecule has 0 bridgehead atoms. The second kappa shape index (κ2) is 9.14. The van der Waals surface area contributed by atoms with E-state index in [-0.39, 0.29) is 23.8 Å². The minimum Gasteiger partial charge on any atom is -0.338 e. The Labute approximate surface area is 161 Å². The Morgan fingerprint density at radius 1 is 1.19 bits per heavy atom. The Kier molecular flexibility index (Phi) is 6.62. The minimum atomic E-state index is -0.190.